The zero-order valence-electron chi connectivity index (χ0n) is 10.9. The normalized spacial score (nSPS) is 13.5. The molecule has 0 radical (unpaired) electrons. The first-order valence-electron chi connectivity index (χ1n) is 5.79. The molecule has 0 saturated heterocycles. The van der Waals surface area contributed by atoms with Crippen LogP contribution in [0.15, 0.2) is 23.1 Å². The van der Waals surface area contributed by atoms with Crippen molar-refractivity contribution in [3.63, 3.8) is 0 Å². The van der Waals surface area contributed by atoms with E-state index in [9.17, 15) is 12.8 Å². The van der Waals surface area contributed by atoms with E-state index in [1.807, 2.05) is 0 Å². The molecule has 0 aliphatic heterocycles. The lowest BCUT2D eigenvalue weighted by atomic mass is 10.2. The van der Waals surface area contributed by atoms with E-state index in [0.717, 1.165) is 6.07 Å². The number of halogens is 1. The van der Waals surface area contributed by atoms with Crippen molar-refractivity contribution in [3.8, 4) is 0 Å². The number of rotatable bonds is 7. The molecule has 7 heteroatoms. The molecule has 0 saturated carbocycles. The van der Waals surface area contributed by atoms with Crippen LogP contribution in [0.25, 0.3) is 0 Å². The molecule has 0 amide bonds. The summed E-state index contributed by atoms with van der Waals surface area (Å²) in [6, 6.07) is 3.16. The number of methoxy groups -OCH3 is 1. The molecular formula is C12H18FNO4S. The SMILES string of the molecule is COCC(CCO)NS(=O)(=O)c1ccc(C)c(F)c1. The molecule has 0 spiro atoms. The summed E-state index contributed by atoms with van der Waals surface area (Å²) in [5, 5.41) is 8.86. The number of nitrogens with one attached hydrogen (secondary N) is 1. The number of sulfonamides is 1. The van der Waals surface area contributed by atoms with E-state index in [4.69, 9.17) is 9.84 Å². The molecule has 1 atom stereocenters. The standard InChI is InChI=1S/C12H18FNO4S/c1-9-3-4-11(7-12(9)13)19(16,17)14-10(5-6-15)8-18-2/h3-4,7,10,14-15H,5-6,8H2,1-2H3. The topological polar surface area (TPSA) is 75.6 Å². The maximum atomic E-state index is 13.4. The van der Waals surface area contributed by atoms with Crippen LogP contribution in [0.4, 0.5) is 4.39 Å². The Labute approximate surface area is 112 Å². The predicted octanol–water partition coefficient (Wildman–Crippen LogP) is 0.810. The van der Waals surface area contributed by atoms with Gasteiger partial charge in [-0.1, -0.05) is 6.07 Å². The van der Waals surface area contributed by atoms with Crippen LogP contribution in [-0.2, 0) is 14.8 Å². The summed E-state index contributed by atoms with van der Waals surface area (Å²) in [5.41, 5.74) is 0.378. The Balaban J connectivity index is 2.92. The lowest BCUT2D eigenvalue weighted by molar-refractivity contribution is 0.158. The lowest BCUT2D eigenvalue weighted by Crippen LogP contribution is -2.38. The first-order chi connectivity index (χ1) is 8.90. The molecule has 1 unspecified atom stereocenters. The molecule has 0 bridgehead atoms. The summed E-state index contributed by atoms with van der Waals surface area (Å²) < 4.78 is 44.7. The maximum Gasteiger partial charge on any atom is 0.241 e. The van der Waals surface area contributed by atoms with E-state index in [0.29, 0.717) is 5.56 Å². The van der Waals surface area contributed by atoms with Crippen LogP contribution >= 0.6 is 0 Å². The molecule has 2 N–H and O–H groups in total. The first-order valence-corrected chi connectivity index (χ1v) is 7.27. The Kier molecular flexibility index (Phi) is 5.86. The van der Waals surface area contributed by atoms with E-state index in [2.05, 4.69) is 4.72 Å². The van der Waals surface area contributed by atoms with Gasteiger partial charge in [0.15, 0.2) is 0 Å². The maximum absolute atomic E-state index is 13.4. The van der Waals surface area contributed by atoms with Gasteiger partial charge in [-0.05, 0) is 31.0 Å². The van der Waals surface area contributed by atoms with E-state index in [1.165, 1.54) is 19.2 Å². The van der Waals surface area contributed by atoms with E-state index in [1.54, 1.807) is 6.92 Å². The highest BCUT2D eigenvalue weighted by Gasteiger charge is 2.20. The van der Waals surface area contributed by atoms with Gasteiger partial charge in [-0.25, -0.2) is 17.5 Å². The van der Waals surface area contributed by atoms with Crippen LogP contribution in [-0.4, -0.2) is 39.9 Å². The third-order valence-electron chi connectivity index (χ3n) is 2.62. The fourth-order valence-electron chi connectivity index (χ4n) is 1.56. The van der Waals surface area contributed by atoms with Crippen molar-refractivity contribution in [2.45, 2.75) is 24.3 Å². The zero-order chi connectivity index (χ0) is 14.5. The fraction of sp³-hybridized carbons (Fsp3) is 0.500. The number of aryl methyl sites for hydroxylation is 1. The number of aliphatic hydroxyl groups is 1. The highest BCUT2D eigenvalue weighted by atomic mass is 32.2. The zero-order valence-corrected chi connectivity index (χ0v) is 11.7. The minimum Gasteiger partial charge on any atom is -0.396 e. The van der Waals surface area contributed by atoms with Crippen LogP contribution in [0.3, 0.4) is 0 Å². The number of hydrogen-bond acceptors (Lipinski definition) is 4. The van der Waals surface area contributed by atoms with Crippen molar-refractivity contribution in [3.05, 3.63) is 29.6 Å². The first kappa shape index (κ1) is 16.0. The number of hydrogen-bond donors (Lipinski definition) is 2. The van der Waals surface area contributed by atoms with Gasteiger partial charge in [0.25, 0.3) is 0 Å². The van der Waals surface area contributed by atoms with Crippen LogP contribution < -0.4 is 4.72 Å². The molecule has 0 aliphatic carbocycles. The second-order valence-corrected chi connectivity index (χ2v) is 5.91. The van der Waals surface area contributed by atoms with E-state index in [-0.39, 0.29) is 24.5 Å². The third kappa shape index (κ3) is 4.54. The average molecular weight is 291 g/mol. The molecule has 0 fully saturated rings. The van der Waals surface area contributed by atoms with Crippen LogP contribution in [0.1, 0.15) is 12.0 Å². The van der Waals surface area contributed by atoms with Crippen molar-refractivity contribution in [2.75, 3.05) is 20.3 Å². The number of ether oxygens (including phenoxy) is 1. The van der Waals surface area contributed by atoms with Crippen molar-refractivity contribution in [1.82, 2.24) is 4.72 Å². The Bertz CT molecular complexity index is 512. The van der Waals surface area contributed by atoms with Gasteiger partial charge in [0.1, 0.15) is 5.82 Å². The van der Waals surface area contributed by atoms with Crippen LogP contribution in [0, 0.1) is 12.7 Å². The van der Waals surface area contributed by atoms with Crippen molar-refractivity contribution >= 4 is 10.0 Å². The summed E-state index contributed by atoms with van der Waals surface area (Å²) in [5.74, 6) is -0.576. The van der Waals surface area contributed by atoms with Gasteiger partial charge in [-0.2, -0.15) is 0 Å². The van der Waals surface area contributed by atoms with E-state index >= 15 is 0 Å². The summed E-state index contributed by atoms with van der Waals surface area (Å²) in [6.45, 7) is 1.52. The monoisotopic (exact) mass is 291 g/mol. The number of aliphatic hydroxyl groups excluding tert-OH is 1. The Morgan fingerprint density at radius 1 is 1.47 bits per heavy atom. The summed E-state index contributed by atoms with van der Waals surface area (Å²) >= 11 is 0. The van der Waals surface area contributed by atoms with Gasteiger partial charge >= 0.3 is 0 Å². The largest absolute Gasteiger partial charge is 0.396 e. The minimum atomic E-state index is -3.82. The minimum absolute atomic E-state index is 0.133. The molecule has 1 aromatic carbocycles. The molecule has 0 aromatic heterocycles. The van der Waals surface area contributed by atoms with Gasteiger partial charge in [-0.15, -0.1) is 0 Å². The third-order valence-corrected chi connectivity index (χ3v) is 4.14. The van der Waals surface area contributed by atoms with Crippen molar-refractivity contribution in [1.29, 1.82) is 0 Å². The Morgan fingerprint density at radius 2 is 2.16 bits per heavy atom. The van der Waals surface area contributed by atoms with Gasteiger partial charge in [0, 0.05) is 19.8 Å². The lowest BCUT2D eigenvalue weighted by Gasteiger charge is -2.17. The van der Waals surface area contributed by atoms with Gasteiger partial charge in [-0.3, -0.25) is 0 Å². The van der Waals surface area contributed by atoms with Crippen LogP contribution in [0.5, 0.6) is 0 Å². The Hall–Kier alpha value is -1.02. The average Bonchev–Trinajstić information content (AvgIpc) is 2.32. The molecule has 108 valence electrons. The van der Waals surface area contributed by atoms with Crippen LogP contribution in [0.2, 0.25) is 0 Å². The second-order valence-electron chi connectivity index (χ2n) is 4.20. The summed E-state index contributed by atoms with van der Waals surface area (Å²) in [7, 11) is -2.39. The van der Waals surface area contributed by atoms with Gasteiger partial charge in [0.05, 0.1) is 11.5 Å². The van der Waals surface area contributed by atoms with Crippen molar-refractivity contribution in [2.24, 2.45) is 0 Å². The molecule has 19 heavy (non-hydrogen) atoms. The molecule has 1 rings (SSSR count). The molecule has 0 aliphatic rings. The second kappa shape index (κ2) is 6.95. The van der Waals surface area contributed by atoms with Gasteiger partial charge < -0.3 is 9.84 Å². The van der Waals surface area contributed by atoms with E-state index < -0.39 is 21.9 Å². The smallest absolute Gasteiger partial charge is 0.241 e. The quantitative estimate of drug-likeness (QED) is 0.779. The number of benzene rings is 1. The highest BCUT2D eigenvalue weighted by molar-refractivity contribution is 7.89. The molecule has 1 aromatic rings. The molecule has 0 heterocycles. The summed E-state index contributed by atoms with van der Waals surface area (Å²) in [6.07, 6.45) is 0.224. The summed E-state index contributed by atoms with van der Waals surface area (Å²) in [4.78, 5) is -0.144. The highest BCUT2D eigenvalue weighted by Crippen LogP contribution is 2.14. The van der Waals surface area contributed by atoms with Crippen molar-refractivity contribution < 1.29 is 22.7 Å². The molecular weight excluding hydrogens is 273 g/mol. The van der Waals surface area contributed by atoms with Gasteiger partial charge in [0.2, 0.25) is 10.0 Å². The molecule has 5 nitrogen and oxygen atoms in total. The predicted molar refractivity (Wildman–Crippen MR) is 68.8 cm³/mol. The Morgan fingerprint density at radius 3 is 2.68 bits per heavy atom. The fourth-order valence-corrected chi connectivity index (χ4v) is 2.83.